The van der Waals surface area contributed by atoms with Gasteiger partial charge in [0.25, 0.3) is 5.70 Å². The van der Waals surface area contributed by atoms with Crippen LogP contribution >= 0.6 is 0 Å². The minimum absolute atomic E-state index is 0.178. The van der Waals surface area contributed by atoms with Crippen LogP contribution < -0.4 is 0 Å². The second-order valence-electron chi connectivity index (χ2n) is 6.03. The molecule has 0 atom stereocenters. The van der Waals surface area contributed by atoms with Crippen LogP contribution in [-0.4, -0.2) is 41.1 Å². The second-order valence-corrected chi connectivity index (χ2v) is 9.84. The van der Waals surface area contributed by atoms with Crippen molar-refractivity contribution in [1.82, 2.24) is 0 Å². The van der Waals surface area contributed by atoms with E-state index >= 15 is 0 Å². The summed E-state index contributed by atoms with van der Waals surface area (Å²) in [7, 11) is -7.39. The molecule has 0 aliphatic heterocycles. The molecule has 0 aliphatic carbocycles. The molecule has 2 aromatic carbocycles. The minimum Gasteiger partial charge on any atom is -0.465 e. The zero-order chi connectivity index (χ0) is 22.5. The summed E-state index contributed by atoms with van der Waals surface area (Å²) in [5, 5.41) is 12.0. The molecule has 0 spiro atoms. The van der Waals surface area contributed by atoms with Crippen molar-refractivity contribution < 1.29 is 31.3 Å². The lowest BCUT2D eigenvalue weighted by Crippen LogP contribution is -2.14. The number of ether oxygens (including phenoxy) is 1. The summed E-state index contributed by atoms with van der Waals surface area (Å²) in [6.07, 6.45) is 1.65. The normalized spacial score (nSPS) is 13.0. The van der Waals surface area contributed by atoms with Gasteiger partial charge in [-0.1, -0.05) is 30.3 Å². The molecule has 2 rings (SSSR count). The minimum atomic E-state index is -4.53. The molecule has 11 heteroatoms. The molecule has 0 saturated carbocycles. The quantitative estimate of drug-likeness (QED) is 0.271. The number of carbonyl (C=O) groups is 1. The number of methoxy groups -OCH3 is 1. The van der Waals surface area contributed by atoms with Gasteiger partial charge in [-0.25, -0.2) is 21.6 Å². The maximum Gasteiger partial charge on any atom is 0.337 e. The summed E-state index contributed by atoms with van der Waals surface area (Å²) in [4.78, 5) is 20.9. The number of sulfone groups is 2. The first-order chi connectivity index (χ1) is 14.0. The monoisotopic (exact) mass is 451 g/mol. The Hall–Kier alpha value is -3.31. The Bertz CT molecular complexity index is 1230. The lowest BCUT2D eigenvalue weighted by atomic mass is 10.1. The van der Waals surface area contributed by atoms with Crippen LogP contribution in [0, 0.1) is 10.1 Å². The number of rotatable bonds is 7. The highest BCUT2D eigenvalue weighted by molar-refractivity contribution is 7.98. The first-order valence-corrected chi connectivity index (χ1v) is 11.7. The molecular formula is C19H17NO8S2. The zero-order valence-electron chi connectivity index (χ0n) is 15.9. The number of carbonyl (C=O) groups excluding carboxylic acids is 1. The average molecular weight is 451 g/mol. The highest BCUT2D eigenvalue weighted by Crippen LogP contribution is 2.28. The maximum atomic E-state index is 13.0. The largest absolute Gasteiger partial charge is 0.465 e. The van der Waals surface area contributed by atoms with Crippen molar-refractivity contribution in [2.75, 3.05) is 13.4 Å². The van der Waals surface area contributed by atoms with Crippen LogP contribution in [0.25, 0.3) is 6.08 Å². The average Bonchev–Trinajstić information content (AvgIpc) is 2.70. The van der Waals surface area contributed by atoms with E-state index in [1.165, 1.54) is 55.6 Å². The van der Waals surface area contributed by atoms with E-state index in [4.69, 9.17) is 0 Å². The summed E-state index contributed by atoms with van der Waals surface area (Å²) in [6.45, 7) is 0. The molecule has 0 radical (unpaired) electrons. The Morgan fingerprint density at radius 1 is 1.00 bits per heavy atom. The van der Waals surface area contributed by atoms with Crippen molar-refractivity contribution in [2.45, 2.75) is 4.90 Å². The summed E-state index contributed by atoms with van der Waals surface area (Å²) < 4.78 is 54.2. The van der Waals surface area contributed by atoms with E-state index in [0.717, 1.165) is 12.3 Å². The van der Waals surface area contributed by atoms with Gasteiger partial charge >= 0.3 is 5.97 Å². The molecule has 30 heavy (non-hydrogen) atoms. The third kappa shape index (κ3) is 5.61. The van der Waals surface area contributed by atoms with Crippen LogP contribution in [0.2, 0.25) is 0 Å². The van der Waals surface area contributed by atoms with Gasteiger partial charge in [0, 0.05) is 12.3 Å². The predicted octanol–water partition coefficient (Wildman–Crippen LogP) is 2.45. The molecule has 0 saturated heterocycles. The van der Waals surface area contributed by atoms with Gasteiger partial charge in [0.15, 0.2) is 14.7 Å². The Kier molecular flexibility index (Phi) is 6.90. The first kappa shape index (κ1) is 23.0. The Balaban J connectivity index is 2.70. The Morgan fingerprint density at radius 2 is 1.57 bits per heavy atom. The highest BCUT2D eigenvalue weighted by atomic mass is 32.2. The fraction of sp³-hybridized carbons (Fsp3) is 0.105. The third-order valence-corrected chi connectivity index (χ3v) is 6.36. The van der Waals surface area contributed by atoms with E-state index in [-0.39, 0.29) is 16.0 Å². The van der Waals surface area contributed by atoms with Gasteiger partial charge < -0.3 is 4.74 Å². The molecule has 0 aliphatic rings. The van der Waals surface area contributed by atoms with Gasteiger partial charge in [0.05, 0.1) is 27.9 Å². The Labute approximate surface area is 173 Å². The van der Waals surface area contributed by atoms with Gasteiger partial charge in [-0.2, -0.15) is 0 Å². The van der Waals surface area contributed by atoms with Crippen LogP contribution in [0.4, 0.5) is 0 Å². The first-order valence-electron chi connectivity index (χ1n) is 8.22. The molecule has 0 amide bonds. The van der Waals surface area contributed by atoms with Crippen LogP contribution in [-0.2, 0) is 24.4 Å². The van der Waals surface area contributed by atoms with Crippen molar-refractivity contribution in [2.24, 2.45) is 0 Å². The van der Waals surface area contributed by atoms with Crippen molar-refractivity contribution in [3.63, 3.8) is 0 Å². The van der Waals surface area contributed by atoms with Crippen molar-refractivity contribution in [3.05, 3.63) is 91.8 Å². The Morgan fingerprint density at radius 3 is 2.03 bits per heavy atom. The highest BCUT2D eigenvalue weighted by Gasteiger charge is 2.33. The molecule has 0 bridgehead atoms. The van der Waals surface area contributed by atoms with E-state index in [1.54, 1.807) is 6.07 Å². The fourth-order valence-electron chi connectivity index (χ4n) is 2.39. The van der Waals surface area contributed by atoms with Gasteiger partial charge in [-0.05, 0) is 29.8 Å². The van der Waals surface area contributed by atoms with E-state index in [0.29, 0.717) is 5.41 Å². The smallest absolute Gasteiger partial charge is 0.337 e. The predicted molar refractivity (Wildman–Crippen MR) is 109 cm³/mol. The van der Waals surface area contributed by atoms with Crippen LogP contribution in [0.3, 0.4) is 0 Å². The number of esters is 1. The maximum absolute atomic E-state index is 13.0. The standard InChI is InChI=1S/C19H17NO8S2/c1-28-19(21)15-10-8-14(9-11-15)12-17(20(22)23)18(13-29(2,24)25)30(26,27)16-6-4-3-5-7-16/h3-13H,1-2H3/b17-12+,18-13+. The molecule has 2 aromatic rings. The van der Waals surface area contributed by atoms with Crippen LogP contribution in [0.5, 0.6) is 0 Å². The second kappa shape index (κ2) is 9.01. The molecule has 0 heterocycles. The number of nitrogens with zero attached hydrogens (tertiary/aromatic N) is 1. The topological polar surface area (TPSA) is 138 Å². The van der Waals surface area contributed by atoms with Gasteiger partial charge in [-0.15, -0.1) is 0 Å². The summed E-state index contributed by atoms with van der Waals surface area (Å²) >= 11 is 0. The number of hydrogen-bond acceptors (Lipinski definition) is 8. The van der Waals surface area contributed by atoms with Crippen molar-refractivity contribution in [3.8, 4) is 0 Å². The fourth-order valence-corrected chi connectivity index (χ4v) is 5.11. The summed E-state index contributed by atoms with van der Waals surface area (Å²) in [6, 6.07) is 12.1. The van der Waals surface area contributed by atoms with Gasteiger partial charge in [-0.3, -0.25) is 10.1 Å². The number of benzene rings is 2. The van der Waals surface area contributed by atoms with E-state index in [1.807, 2.05) is 0 Å². The summed E-state index contributed by atoms with van der Waals surface area (Å²) in [5.41, 5.74) is -0.576. The number of hydrogen-bond donors (Lipinski definition) is 0. The molecular weight excluding hydrogens is 434 g/mol. The molecule has 0 aromatic heterocycles. The van der Waals surface area contributed by atoms with Crippen molar-refractivity contribution >= 4 is 31.7 Å². The third-order valence-electron chi connectivity index (χ3n) is 3.75. The van der Waals surface area contributed by atoms with Crippen molar-refractivity contribution in [1.29, 1.82) is 0 Å². The van der Waals surface area contributed by atoms with E-state index in [2.05, 4.69) is 4.74 Å². The molecule has 158 valence electrons. The lowest BCUT2D eigenvalue weighted by molar-refractivity contribution is -0.418. The molecule has 0 unspecified atom stereocenters. The van der Waals surface area contributed by atoms with Crippen LogP contribution in [0.1, 0.15) is 15.9 Å². The van der Waals surface area contributed by atoms with Gasteiger partial charge in [0.1, 0.15) is 0 Å². The molecule has 0 N–H and O–H groups in total. The molecule has 0 fully saturated rings. The van der Waals surface area contributed by atoms with Crippen LogP contribution in [0.15, 0.2) is 75.5 Å². The van der Waals surface area contributed by atoms with E-state index in [9.17, 15) is 31.7 Å². The molecule has 9 nitrogen and oxygen atoms in total. The van der Waals surface area contributed by atoms with E-state index < -0.39 is 41.2 Å². The number of nitro groups is 1. The lowest BCUT2D eigenvalue weighted by Gasteiger charge is -2.08. The van der Waals surface area contributed by atoms with Gasteiger partial charge in [0.2, 0.25) is 9.84 Å². The zero-order valence-corrected chi connectivity index (χ0v) is 17.5. The SMILES string of the molecule is COC(=O)c1ccc(/C=C(\C(=C/S(C)(=O)=O)S(=O)(=O)c2ccccc2)[N+](=O)[O-])cc1. The summed E-state index contributed by atoms with van der Waals surface area (Å²) in [5.74, 6) is -0.621.